The summed E-state index contributed by atoms with van der Waals surface area (Å²) >= 11 is 0. The van der Waals surface area contributed by atoms with Crippen molar-refractivity contribution in [1.82, 2.24) is 10.6 Å². The maximum absolute atomic E-state index is 13.8. The van der Waals surface area contributed by atoms with Crippen LogP contribution in [0, 0.1) is 0 Å². The minimum atomic E-state index is -3.70. The average molecular weight is 1750 g/mol. The molecule has 0 radical (unpaired) electrons. The number of carboxylic acid groups (broad SMARTS) is 4. The molecule has 0 spiro atoms. The number of carbonyl (C=O) groups excluding carboxylic acids is 2. The summed E-state index contributed by atoms with van der Waals surface area (Å²) in [5.74, 6) is -25.7. The summed E-state index contributed by atoms with van der Waals surface area (Å²) in [7, 11) is 0. The van der Waals surface area contributed by atoms with Crippen LogP contribution in [0.4, 0.5) is 0 Å². The van der Waals surface area contributed by atoms with Gasteiger partial charge in [-0.05, 0) is 0 Å². The predicted molar refractivity (Wildman–Crippen MR) is 356 cm³/mol. The molecule has 8 saturated heterocycles. The van der Waals surface area contributed by atoms with Gasteiger partial charge in [-0.3, -0.25) is 9.59 Å². The van der Waals surface area contributed by atoms with Crippen molar-refractivity contribution in [3.05, 3.63) is 0 Å². The second kappa shape index (κ2) is 41.0. The smallest absolute Gasteiger partial charge is 0.364 e. The number of aliphatic hydroxyl groups excluding tert-OH is 27. The number of amides is 2. The Labute approximate surface area is 668 Å². The van der Waals surface area contributed by atoms with Crippen LogP contribution in [0.1, 0.15) is 39.5 Å². The molecular weight excluding hydrogens is 1640 g/mol. The van der Waals surface area contributed by atoms with Gasteiger partial charge in [0.2, 0.25) is 11.8 Å². The van der Waals surface area contributed by atoms with Crippen LogP contribution in [-0.4, -0.2) is 520 Å². The van der Waals surface area contributed by atoms with Crippen LogP contribution in [0.3, 0.4) is 0 Å². The zero-order chi connectivity index (χ0) is 89.1. The van der Waals surface area contributed by atoms with Gasteiger partial charge in [0.1, 0.15) is 183 Å². The van der Waals surface area contributed by atoms with Crippen LogP contribution in [0.2, 0.25) is 0 Å². The highest BCUT2D eigenvalue weighted by molar-refractivity contribution is 5.78. The molecule has 44 atom stereocenters. The number of hydrogen-bond acceptors (Lipinski definition) is 49. The summed E-state index contributed by atoms with van der Waals surface area (Å²) in [6.45, 7) is -9.68. The number of ether oxygens (including phenoxy) is 15. The van der Waals surface area contributed by atoms with Crippen LogP contribution >= 0.6 is 0 Å². The van der Waals surface area contributed by atoms with Crippen molar-refractivity contribution in [2.75, 3.05) is 52.9 Å². The molecule has 55 heteroatoms. The second-order valence-corrected chi connectivity index (χ2v) is 29.6. The van der Waals surface area contributed by atoms with Gasteiger partial charge >= 0.3 is 23.9 Å². The molecule has 688 valence electrons. The minimum Gasteiger partial charge on any atom is -0.477 e. The Balaban J connectivity index is 1.18. The van der Waals surface area contributed by atoms with Crippen molar-refractivity contribution < 1.29 is 263 Å². The Kier molecular flexibility index (Phi) is 34.3. The number of aliphatic hydroxyl groups is 28. The van der Waals surface area contributed by atoms with Crippen molar-refractivity contribution in [3.8, 4) is 0 Å². The van der Waals surface area contributed by atoms with Crippen molar-refractivity contribution in [2.45, 2.75) is 307 Å². The number of hydrogen-bond donors (Lipinski definition) is 34. The van der Waals surface area contributed by atoms with Gasteiger partial charge in [0.05, 0.1) is 89.4 Å². The number of nitrogens with one attached hydrogen (secondary N) is 2. The van der Waals surface area contributed by atoms with Gasteiger partial charge in [-0.1, -0.05) is 0 Å². The number of rotatable bonds is 36. The quantitative estimate of drug-likeness (QED) is 0.0277. The van der Waals surface area contributed by atoms with Crippen molar-refractivity contribution >= 4 is 35.7 Å². The standard InChI is InChI=1S/C64H104N2O53/c1-15(75)65-29-17(77)3-62(58(98)99,117-47(29)32(86)20(80)7-67)114-28(14-74)35(89)48-30(66-16(2)76)18(78)4-64(118-48,60(102)103)119-50-34(88)27(13-73)106-54(40(50)94)110-49-38(92)42(21(81)8-68)107-55(39(49)93)111-51-41(95)56(108-44(23(83)10-70)52(51)112-53-37(91)36(90)33(87)26(12-72)105-53)109-46-25(6-61(104,57(96)97)115-45(46)24(84)11-71)113-63(59(100)101)5-19(79)31(85)43(116-63)22(82)9-69/h17-56,67-74,77-95,104H,3-14H2,1-2H3,(H,65,75)(H,66,76)(H,96,97)(H,98,99)(H,100,101)(H,102,103)/t17-,18-,19+,20+,21-,22+,23-,24+,25+,26+,27+,28+,29+,30+,31+,32+,33+,34-,35+,36-,37+,38+,39-,40+,41-,42+,43+,44+,45+,46+,47+,48+,49-,50-,51+,52+,53-,54-,55+,56+,61+,62+,63+,64-/m0/s1. The number of carbonyl (C=O) groups is 6. The van der Waals surface area contributed by atoms with Crippen LogP contribution in [0.25, 0.3) is 0 Å². The molecule has 8 heterocycles. The molecular formula is C64H104N2O53. The third kappa shape index (κ3) is 21.0. The van der Waals surface area contributed by atoms with Gasteiger partial charge in [0, 0.05) is 39.5 Å². The summed E-state index contributed by atoms with van der Waals surface area (Å²) in [6, 6.07) is -3.96. The molecule has 0 saturated carbocycles. The summed E-state index contributed by atoms with van der Waals surface area (Å²) in [5.41, 5.74) is 0. The minimum absolute atomic E-state index is 0.804. The first kappa shape index (κ1) is 99.5. The molecule has 0 bridgehead atoms. The van der Waals surface area contributed by atoms with Crippen LogP contribution in [0.15, 0.2) is 0 Å². The Morgan fingerprint density at radius 2 is 0.782 bits per heavy atom. The fourth-order valence-electron chi connectivity index (χ4n) is 15.0. The topological polar surface area (TPSA) is 912 Å². The molecule has 0 aliphatic carbocycles. The number of carboxylic acids is 4. The van der Waals surface area contributed by atoms with E-state index in [1.54, 1.807) is 0 Å². The normalized spacial score (nSPS) is 45.0. The zero-order valence-corrected chi connectivity index (χ0v) is 62.5. The molecule has 34 N–H and O–H groups in total. The van der Waals surface area contributed by atoms with Crippen molar-refractivity contribution in [1.29, 1.82) is 0 Å². The third-order valence-electron chi connectivity index (χ3n) is 21.3. The largest absolute Gasteiger partial charge is 0.477 e. The van der Waals surface area contributed by atoms with E-state index < -0.39 is 382 Å². The molecule has 8 aliphatic rings. The molecule has 2 amide bonds. The number of aliphatic carboxylic acids is 4. The summed E-state index contributed by atoms with van der Waals surface area (Å²) in [4.78, 5) is 78.2. The van der Waals surface area contributed by atoms with Gasteiger partial charge in [-0.25, -0.2) is 19.2 Å². The lowest BCUT2D eigenvalue weighted by molar-refractivity contribution is -0.417. The van der Waals surface area contributed by atoms with E-state index in [1.165, 1.54) is 0 Å². The highest BCUT2D eigenvalue weighted by atomic mass is 16.8. The van der Waals surface area contributed by atoms with Gasteiger partial charge < -0.3 is 245 Å². The highest BCUT2D eigenvalue weighted by Gasteiger charge is 2.67. The van der Waals surface area contributed by atoms with E-state index in [9.17, 15) is 192 Å². The summed E-state index contributed by atoms with van der Waals surface area (Å²) < 4.78 is 86.3. The summed E-state index contributed by atoms with van der Waals surface area (Å²) in [6.07, 6.45) is -102. The van der Waals surface area contributed by atoms with Crippen molar-refractivity contribution in [2.24, 2.45) is 0 Å². The third-order valence-corrected chi connectivity index (χ3v) is 21.3. The molecule has 8 rings (SSSR count). The first-order valence-electron chi connectivity index (χ1n) is 36.7. The fraction of sp³-hybridized carbons (Fsp3) is 0.906. The maximum atomic E-state index is 13.8. The van der Waals surface area contributed by atoms with E-state index in [4.69, 9.17) is 71.1 Å². The van der Waals surface area contributed by atoms with E-state index in [1.807, 2.05) is 0 Å². The first-order chi connectivity index (χ1) is 55.7. The molecule has 8 aliphatic heterocycles. The molecule has 0 aromatic heterocycles. The SMILES string of the molecule is CC(=O)N[C@H]1[C@H]([C@H](O)[C@H](O)CO)O[C@@](O[C@H](CO)[C@@H](O)[C@@H]2O[C@@](O[C@H]3[C@@H](O)[C@@H](CO)O[C@@H](O[C@@H]4[C@H](O)[C@@H](O[C@@H]5[C@H](O)[C@@H](O[C@H]6[C@@H]([C@H](O)CO)O[C@@](O)(C(=O)O)C[C@H]6O[C@]6(C(=O)O)C[C@@H](O)[C@@H](O)[C@@H]([C@H](O)CO)O6)O[C@H]([C@@H](O)CO)[C@H]5O[C@@H]5O[C@H](CO)[C@@H](O)[C@H](O)[C@H]5O)O[C@H]([C@@H](O)CO)[C@H]4O)[C@@H]3O)(C(=O)O)C[C@H](O)[C@H]2NC(C)=O)(C(=O)O)C[C@@H]1O. The van der Waals surface area contributed by atoms with Crippen LogP contribution in [0.5, 0.6) is 0 Å². The highest BCUT2D eigenvalue weighted by Crippen LogP contribution is 2.46. The predicted octanol–water partition coefficient (Wildman–Crippen LogP) is -21.3. The molecule has 0 aromatic carbocycles. The fourth-order valence-corrected chi connectivity index (χ4v) is 15.0. The van der Waals surface area contributed by atoms with E-state index in [0.717, 1.165) is 13.8 Å². The molecule has 55 nitrogen and oxygen atoms in total. The first-order valence-corrected chi connectivity index (χ1v) is 36.7. The Hall–Kier alpha value is -4.90. The maximum Gasteiger partial charge on any atom is 0.364 e. The van der Waals surface area contributed by atoms with Crippen molar-refractivity contribution in [3.63, 3.8) is 0 Å². The van der Waals surface area contributed by atoms with Gasteiger partial charge in [-0.2, -0.15) is 0 Å². The van der Waals surface area contributed by atoms with E-state index in [0.29, 0.717) is 0 Å². The van der Waals surface area contributed by atoms with Gasteiger partial charge in [-0.15, -0.1) is 0 Å². The van der Waals surface area contributed by atoms with Gasteiger partial charge in [0.25, 0.3) is 23.1 Å². The lowest BCUT2D eigenvalue weighted by Gasteiger charge is -2.53. The molecule has 0 unspecified atom stereocenters. The molecule has 8 fully saturated rings. The second-order valence-electron chi connectivity index (χ2n) is 29.6. The van der Waals surface area contributed by atoms with E-state index >= 15 is 0 Å². The zero-order valence-electron chi connectivity index (χ0n) is 62.5. The Morgan fingerprint density at radius 1 is 0.370 bits per heavy atom. The monoisotopic (exact) mass is 1750 g/mol. The molecule has 0 aromatic rings. The Bertz CT molecular complexity index is 3330. The van der Waals surface area contributed by atoms with E-state index in [-0.39, 0.29) is 0 Å². The van der Waals surface area contributed by atoms with Crippen LogP contribution < -0.4 is 10.6 Å². The average Bonchev–Trinajstić information content (AvgIpc) is 0.733. The lowest BCUT2D eigenvalue weighted by Crippen LogP contribution is -2.72. The lowest BCUT2D eigenvalue weighted by atomic mass is 9.87. The van der Waals surface area contributed by atoms with Gasteiger partial charge in [0.15, 0.2) is 25.2 Å². The summed E-state index contributed by atoms with van der Waals surface area (Å²) in [5, 5.41) is 359. The van der Waals surface area contributed by atoms with E-state index in [2.05, 4.69) is 10.6 Å². The Morgan fingerprint density at radius 3 is 1.29 bits per heavy atom. The van der Waals surface area contributed by atoms with Crippen LogP contribution in [-0.2, 0) is 99.8 Å². The molecule has 119 heavy (non-hydrogen) atoms.